The summed E-state index contributed by atoms with van der Waals surface area (Å²) < 4.78 is 5.50. The molecule has 0 saturated heterocycles. The molecule has 3 rings (SSSR count). The van der Waals surface area contributed by atoms with Crippen LogP contribution in [-0.4, -0.2) is 32.0 Å². The number of ketones is 1. The summed E-state index contributed by atoms with van der Waals surface area (Å²) in [6.45, 7) is 11.9. The van der Waals surface area contributed by atoms with Crippen molar-refractivity contribution in [2.24, 2.45) is 0 Å². The van der Waals surface area contributed by atoms with Gasteiger partial charge in [0.15, 0.2) is 5.78 Å². The Bertz CT molecular complexity index is 1050. The van der Waals surface area contributed by atoms with Gasteiger partial charge in [-0.15, -0.1) is 0 Å². The van der Waals surface area contributed by atoms with E-state index in [1.165, 1.54) is 0 Å². The molecule has 152 valence electrons. The van der Waals surface area contributed by atoms with E-state index in [4.69, 9.17) is 4.42 Å². The van der Waals surface area contributed by atoms with E-state index in [1.54, 1.807) is 18.2 Å². The van der Waals surface area contributed by atoms with E-state index >= 15 is 0 Å². The highest BCUT2D eigenvalue weighted by Gasteiger charge is 2.17. The maximum atomic E-state index is 12.9. The summed E-state index contributed by atoms with van der Waals surface area (Å²) in [5.74, 6) is -0.320. The third-order valence-corrected chi connectivity index (χ3v) is 5.35. The van der Waals surface area contributed by atoms with Gasteiger partial charge in [-0.05, 0) is 70.2 Å². The van der Waals surface area contributed by atoms with Crippen LogP contribution in [0.2, 0.25) is 0 Å². The fourth-order valence-corrected chi connectivity index (χ4v) is 3.61. The Morgan fingerprint density at radius 2 is 1.34 bits per heavy atom. The Hall–Kier alpha value is -3.08. The third-order valence-electron chi connectivity index (χ3n) is 5.35. The van der Waals surface area contributed by atoms with E-state index in [9.17, 15) is 9.59 Å². The zero-order valence-corrected chi connectivity index (χ0v) is 17.6. The molecule has 0 aliphatic heterocycles. The molecule has 0 spiro atoms. The Labute approximate surface area is 171 Å². The fraction of sp³-hybridized carbons (Fsp3) is 0.333. The van der Waals surface area contributed by atoms with Crippen LogP contribution in [0.1, 0.15) is 43.6 Å². The van der Waals surface area contributed by atoms with E-state index in [0.717, 1.165) is 42.9 Å². The van der Waals surface area contributed by atoms with Crippen LogP contribution in [-0.2, 0) is 0 Å². The van der Waals surface area contributed by atoms with Crippen LogP contribution in [0.3, 0.4) is 0 Å². The normalized spacial score (nSPS) is 10.9. The first-order valence-electron chi connectivity index (χ1n) is 10.2. The molecule has 0 atom stereocenters. The summed E-state index contributed by atoms with van der Waals surface area (Å²) >= 11 is 0. The van der Waals surface area contributed by atoms with Crippen LogP contribution in [0.25, 0.3) is 11.0 Å². The third kappa shape index (κ3) is 4.19. The molecule has 0 fully saturated rings. The van der Waals surface area contributed by atoms with Crippen molar-refractivity contribution in [3.8, 4) is 0 Å². The summed E-state index contributed by atoms with van der Waals surface area (Å²) in [6, 6.07) is 14.7. The lowest BCUT2D eigenvalue weighted by Gasteiger charge is -2.21. The number of fused-ring (bicyclic) bond motifs is 1. The van der Waals surface area contributed by atoms with Gasteiger partial charge >= 0.3 is 5.63 Å². The molecule has 3 aromatic rings. The molecule has 0 aliphatic rings. The van der Waals surface area contributed by atoms with Gasteiger partial charge in [0.2, 0.25) is 0 Å². The standard InChI is InChI=1S/C24H28N2O3/c1-5-25(6-2)19-12-9-17(10-13-19)23(27)21-15-18-11-14-20(26(7-3)8-4)16-22(18)29-24(21)28/h9-16H,5-8H2,1-4H3. The molecular weight excluding hydrogens is 364 g/mol. The predicted octanol–water partition coefficient (Wildman–Crippen LogP) is 4.72. The molecule has 2 aromatic carbocycles. The molecule has 5 heteroatoms. The monoisotopic (exact) mass is 392 g/mol. The molecular formula is C24H28N2O3. The molecule has 0 bridgehead atoms. The maximum absolute atomic E-state index is 12.9. The summed E-state index contributed by atoms with van der Waals surface area (Å²) in [4.78, 5) is 29.8. The van der Waals surface area contributed by atoms with Crippen LogP contribution < -0.4 is 15.4 Å². The van der Waals surface area contributed by atoms with Gasteiger partial charge in [0.1, 0.15) is 11.1 Å². The van der Waals surface area contributed by atoms with E-state index in [2.05, 4.69) is 37.5 Å². The van der Waals surface area contributed by atoms with Crippen LogP contribution in [0.5, 0.6) is 0 Å². The second kappa shape index (κ2) is 8.95. The van der Waals surface area contributed by atoms with Gasteiger partial charge in [0.05, 0.1) is 0 Å². The summed E-state index contributed by atoms with van der Waals surface area (Å²) in [6.07, 6.45) is 0. The lowest BCUT2D eigenvalue weighted by Crippen LogP contribution is -2.22. The molecule has 1 heterocycles. The number of hydrogen-bond acceptors (Lipinski definition) is 5. The zero-order valence-electron chi connectivity index (χ0n) is 17.6. The van der Waals surface area contributed by atoms with Crippen molar-refractivity contribution >= 4 is 28.1 Å². The molecule has 29 heavy (non-hydrogen) atoms. The van der Waals surface area contributed by atoms with Gasteiger partial charge < -0.3 is 14.2 Å². The van der Waals surface area contributed by atoms with Crippen molar-refractivity contribution in [1.29, 1.82) is 0 Å². The Kier molecular flexibility index (Phi) is 6.37. The number of hydrogen-bond donors (Lipinski definition) is 0. The Balaban J connectivity index is 1.95. The van der Waals surface area contributed by atoms with E-state index in [1.807, 2.05) is 30.3 Å². The Morgan fingerprint density at radius 1 is 0.793 bits per heavy atom. The van der Waals surface area contributed by atoms with Crippen LogP contribution >= 0.6 is 0 Å². The van der Waals surface area contributed by atoms with Gasteiger partial charge in [-0.2, -0.15) is 0 Å². The SMILES string of the molecule is CCN(CC)c1ccc(C(=O)c2cc3ccc(N(CC)CC)cc3oc2=O)cc1. The number of carbonyl (C=O) groups excluding carboxylic acids is 1. The van der Waals surface area contributed by atoms with Gasteiger partial charge in [-0.1, -0.05) is 0 Å². The van der Waals surface area contributed by atoms with Crippen LogP contribution in [0.15, 0.2) is 57.7 Å². The molecule has 1 aromatic heterocycles. The summed E-state index contributed by atoms with van der Waals surface area (Å²) in [5.41, 5.74) is 2.48. The Morgan fingerprint density at radius 3 is 1.93 bits per heavy atom. The number of benzene rings is 2. The van der Waals surface area contributed by atoms with Crippen molar-refractivity contribution in [1.82, 2.24) is 0 Å². The summed E-state index contributed by atoms with van der Waals surface area (Å²) in [5, 5.41) is 0.739. The average molecular weight is 392 g/mol. The minimum Gasteiger partial charge on any atom is -0.422 e. The number of nitrogens with zero attached hydrogens (tertiary/aromatic N) is 2. The molecule has 0 N–H and O–H groups in total. The highest BCUT2D eigenvalue weighted by atomic mass is 16.4. The molecule has 0 saturated carbocycles. The fourth-order valence-electron chi connectivity index (χ4n) is 3.61. The molecule has 0 amide bonds. The zero-order chi connectivity index (χ0) is 21.0. The number of carbonyl (C=O) groups is 1. The second-order valence-electron chi connectivity index (χ2n) is 6.89. The maximum Gasteiger partial charge on any atom is 0.347 e. The smallest absolute Gasteiger partial charge is 0.347 e. The summed E-state index contributed by atoms with van der Waals surface area (Å²) in [7, 11) is 0. The van der Waals surface area contributed by atoms with Crippen molar-refractivity contribution in [2.75, 3.05) is 36.0 Å². The molecule has 0 radical (unpaired) electrons. The van der Waals surface area contributed by atoms with Gasteiger partial charge in [0.25, 0.3) is 0 Å². The van der Waals surface area contributed by atoms with Crippen molar-refractivity contribution in [3.05, 3.63) is 70.1 Å². The molecule has 5 nitrogen and oxygen atoms in total. The lowest BCUT2D eigenvalue weighted by atomic mass is 10.0. The highest BCUT2D eigenvalue weighted by molar-refractivity contribution is 6.10. The van der Waals surface area contributed by atoms with E-state index in [0.29, 0.717) is 11.1 Å². The van der Waals surface area contributed by atoms with Gasteiger partial charge in [0, 0.05) is 54.6 Å². The number of rotatable bonds is 8. The quantitative estimate of drug-likeness (QED) is 0.410. The van der Waals surface area contributed by atoms with Crippen molar-refractivity contribution in [2.45, 2.75) is 27.7 Å². The highest BCUT2D eigenvalue weighted by Crippen LogP contribution is 2.23. The van der Waals surface area contributed by atoms with Gasteiger partial charge in [-0.3, -0.25) is 4.79 Å². The first-order chi connectivity index (χ1) is 14.0. The number of anilines is 2. The average Bonchev–Trinajstić information content (AvgIpc) is 2.75. The first-order valence-corrected chi connectivity index (χ1v) is 10.2. The predicted molar refractivity (Wildman–Crippen MR) is 119 cm³/mol. The minimum absolute atomic E-state index is 0.0590. The van der Waals surface area contributed by atoms with E-state index in [-0.39, 0.29) is 11.3 Å². The first kappa shape index (κ1) is 20.6. The molecule has 0 unspecified atom stereocenters. The van der Waals surface area contributed by atoms with Crippen LogP contribution in [0, 0.1) is 0 Å². The van der Waals surface area contributed by atoms with Crippen LogP contribution in [0.4, 0.5) is 11.4 Å². The molecule has 0 aliphatic carbocycles. The van der Waals surface area contributed by atoms with E-state index < -0.39 is 5.63 Å². The minimum atomic E-state index is -0.605. The van der Waals surface area contributed by atoms with Crippen molar-refractivity contribution in [3.63, 3.8) is 0 Å². The topological polar surface area (TPSA) is 53.8 Å². The van der Waals surface area contributed by atoms with Crippen molar-refractivity contribution < 1.29 is 9.21 Å². The second-order valence-corrected chi connectivity index (χ2v) is 6.89. The van der Waals surface area contributed by atoms with Gasteiger partial charge in [-0.25, -0.2) is 4.79 Å². The lowest BCUT2D eigenvalue weighted by molar-refractivity contribution is 0.103. The largest absolute Gasteiger partial charge is 0.422 e.